The summed E-state index contributed by atoms with van der Waals surface area (Å²) in [5.74, 6) is -0.223. The van der Waals surface area contributed by atoms with E-state index in [1.165, 1.54) is 0 Å². The number of aliphatic hydroxyl groups excluding tert-OH is 1. The first-order valence-electron chi connectivity index (χ1n) is 4.89. The molecular weight excluding hydrogens is 196 g/mol. The maximum atomic E-state index is 11.4. The van der Waals surface area contributed by atoms with Crippen molar-refractivity contribution in [2.45, 2.75) is 13.0 Å². The molecule has 15 heavy (non-hydrogen) atoms. The van der Waals surface area contributed by atoms with Crippen LogP contribution in [0.25, 0.3) is 0 Å². The Hall–Kier alpha value is -1.40. The molecule has 0 aliphatic carbocycles. The SMILES string of the molecule is NCCn1cnc(C(=O)NCCCO)c1. The minimum atomic E-state index is -0.223. The van der Waals surface area contributed by atoms with E-state index in [0.29, 0.717) is 31.7 Å². The summed E-state index contributed by atoms with van der Waals surface area (Å²) < 4.78 is 1.76. The summed E-state index contributed by atoms with van der Waals surface area (Å²) in [7, 11) is 0. The molecule has 1 heterocycles. The number of amides is 1. The molecule has 6 nitrogen and oxygen atoms in total. The zero-order valence-electron chi connectivity index (χ0n) is 8.52. The topological polar surface area (TPSA) is 93.2 Å². The third-order valence-corrected chi connectivity index (χ3v) is 1.87. The molecule has 1 amide bonds. The maximum Gasteiger partial charge on any atom is 0.271 e. The number of nitrogens with zero attached hydrogens (tertiary/aromatic N) is 2. The number of imidazole rings is 1. The molecule has 0 aromatic carbocycles. The Labute approximate surface area is 88.1 Å². The second-order valence-corrected chi connectivity index (χ2v) is 3.12. The molecule has 0 radical (unpaired) electrons. The van der Waals surface area contributed by atoms with Gasteiger partial charge in [0.25, 0.3) is 5.91 Å². The van der Waals surface area contributed by atoms with Crippen LogP contribution in [0, 0.1) is 0 Å². The minimum Gasteiger partial charge on any atom is -0.396 e. The summed E-state index contributed by atoms with van der Waals surface area (Å²) in [5, 5.41) is 11.2. The normalized spacial score (nSPS) is 10.3. The van der Waals surface area contributed by atoms with E-state index in [2.05, 4.69) is 10.3 Å². The predicted molar refractivity (Wildman–Crippen MR) is 55.3 cm³/mol. The van der Waals surface area contributed by atoms with Gasteiger partial charge in [-0.3, -0.25) is 4.79 Å². The van der Waals surface area contributed by atoms with Crippen molar-refractivity contribution in [1.82, 2.24) is 14.9 Å². The molecule has 0 saturated carbocycles. The Morgan fingerprint density at radius 1 is 1.67 bits per heavy atom. The molecule has 0 atom stereocenters. The lowest BCUT2D eigenvalue weighted by Crippen LogP contribution is -2.25. The van der Waals surface area contributed by atoms with Gasteiger partial charge in [-0.1, -0.05) is 0 Å². The molecule has 1 aromatic heterocycles. The van der Waals surface area contributed by atoms with Crippen molar-refractivity contribution in [2.24, 2.45) is 5.73 Å². The van der Waals surface area contributed by atoms with Crippen LogP contribution in [0.1, 0.15) is 16.9 Å². The van der Waals surface area contributed by atoms with E-state index < -0.39 is 0 Å². The van der Waals surface area contributed by atoms with E-state index in [1.54, 1.807) is 17.1 Å². The van der Waals surface area contributed by atoms with Crippen molar-refractivity contribution in [3.05, 3.63) is 18.2 Å². The molecule has 0 saturated heterocycles. The number of carbonyl (C=O) groups is 1. The van der Waals surface area contributed by atoms with Crippen molar-refractivity contribution in [2.75, 3.05) is 19.7 Å². The first kappa shape index (κ1) is 11.7. The van der Waals surface area contributed by atoms with Crippen LogP contribution in [-0.4, -0.2) is 40.3 Å². The number of nitrogens with one attached hydrogen (secondary N) is 1. The Bertz CT molecular complexity index is 311. The first-order valence-corrected chi connectivity index (χ1v) is 4.89. The van der Waals surface area contributed by atoms with Crippen LogP contribution in [0.15, 0.2) is 12.5 Å². The van der Waals surface area contributed by atoms with Crippen molar-refractivity contribution < 1.29 is 9.90 Å². The molecule has 6 heteroatoms. The monoisotopic (exact) mass is 212 g/mol. The Morgan fingerprint density at radius 2 is 2.47 bits per heavy atom. The molecule has 0 aliphatic rings. The Kier molecular flexibility index (Phi) is 4.79. The standard InChI is InChI=1S/C9H16N4O2/c10-2-4-13-6-8(12-7-13)9(15)11-3-1-5-14/h6-7,14H,1-5,10H2,(H,11,15). The second kappa shape index (κ2) is 6.15. The van der Waals surface area contributed by atoms with Crippen molar-refractivity contribution in [3.8, 4) is 0 Å². The lowest BCUT2D eigenvalue weighted by Gasteiger charge is -2.00. The maximum absolute atomic E-state index is 11.4. The number of hydrogen-bond donors (Lipinski definition) is 3. The molecule has 0 aliphatic heterocycles. The Morgan fingerprint density at radius 3 is 3.13 bits per heavy atom. The molecule has 0 bridgehead atoms. The fraction of sp³-hybridized carbons (Fsp3) is 0.556. The van der Waals surface area contributed by atoms with Crippen LogP contribution in [0.5, 0.6) is 0 Å². The van der Waals surface area contributed by atoms with Crippen LogP contribution in [-0.2, 0) is 6.54 Å². The van der Waals surface area contributed by atoms with Crippen molar-refractivity contribution in [3.63, 3.8) is 0 Å². The third kappa shape index (κ3) is 3.69. The van der Waals surface area contributed by atoms with Gasteiger partial charge in [-0.25, -0.2) is 4.98 Å². The summed E-state index contributed by atoms with van der Waals surface area (Å²) in [6.45, 7) is 1.69. The summed E-state index contributed by atoms with van der Waals surface area (Å²) in [5.41, 5.74) is 5.74. The van der Waals surface area contributed by atoms with E-state index in [9.17, 15) is 4.79 Å². The van der Waals surface area contributed by atoms with Gasteiger partial charge in [0.1, 0.15) is 5.69 Å². The number of carbonyl (C=O) groups excluding carboxylic acids is 1. The van der Waals surface area contributed by atoms with E-state index in [1.807, 2.05) is 0 Å². The molecule has 4 N–H and O–H groups in total. The number of hydrogen-bond acceptors (Lipinski definition) is 4. The first-order chi connectivity index (χ1) is 7.27. The van der Waals surface area contributed by atoms with Crippen molar-refractivity contribution >= 4 is 5.91 Å². The van der Waals surface area contributed by atoms with E-state index >= 15 is 0 Å². The summed E-state index contributed by atoms with van der Waals surface area (Å²) in [4.78, 5) is 15.4. The summed E-state index contributed by atoms with van der Waals surface area (Å²) in [6, 6.07) is 0. The predicted octanol–water partition coefficient (Wildman–Crippen LogP) is -1.05. The largest absolute Gasteiger partial charge is 0.396 e. The molecule has 84 valence electrons. The van der Waals surface area contributed by atoms with Crippen LogP contribution in [0.3, 0.4) is 0 Å². The van der Waals surface area contributed by atoms with Crippen LogP contribution < -0.4 is 11.1 Å². The molecule has 0 spiro atoms. The summed E-state index contributed by atoms with van der Waals surface area (Å²) in [6.07, 6.45) is 3.78. The highest BCUT2D eigenvalue weighted by Crippen LogP contribution is 1.95. The molecule has 0 fully saturated rings. The molecule has 1 rings (SSSR count). The van der Waals surface area contributed by atoms with Gasteiger partial charge in [0.15, 0.2) is 0 Å². The van der Waals surface area contributed by atoms with E-state index in [-0.39, 0.29) is 12.5 Å². The number of aromatic nitrogens is 2. The number of aliphatic hydroxyl groups is 1. The van der Waals surface area contributed by atoms with Gasteiger partial charge < -0.3 is 20.7 Å². The van der Waals surface area contributed by atoms with Gasteiger partial charge in [-0.2, -0.15) is 0 Å². The molecule has 0 unspecified atom stereocenters. The average molecular weight is 212 g/mol. The van der Waals surface area contributed by atoms with Gasteiger partial charge in [0, 0.05) is 32.4 Å². The minimum absolute atomic E-state index is 0.0713. The lowest BCUT2D eigenvalue weighted by molar-refractivity contribution is 0.0946. The quantitative estimate of drug-likeness (QED) is 0.525. The van der Waals surface area contributed by atoms with Crippen LogP contribution in [0.2, 0.25) is 0 Å². The fourth-order valence-electron chi connectivity index (χ4n) is 1.12. The smallest absolute Gasteiger partial charge is 0.271 e. The average Bonchev–Trinajstić information content (AvgIpc) is 2.67. The third-order valence-electron chi connectivity index (χ3n) is 1.87. The van der Waals surface area contributed by atoms with Crippen molar-refractivity contribution in [1.29, 1.82) is 0 Å². The van der Waals surface area contributed by atoms with Crippen LogP contribution >= 0.6 is 0 Å². The number of nitrogens with two attached hydrogens (primary N) is 1. The highest BCUT2D eigenvalue weighted by atomic mass is 16.3. The van der Waals surface area contributed by atoms with Gasteiger partial charge in [-0.15, -0.1) is 0 Å². The Balaban J connectivity index is 2.43. The molecule has 1 aromatic rings. The van der Waals surface area contributed by atoms with Gasteiger partial charge in [-0.05, 0) is 6.42 Å². The van der Waals surface area contributed by atoms with Gasteiger partial charge in [0.2, 0.25) is 0 Å². The number of rotatable bonds is 6. The zero-order chi connectivity index (χ0) is 11.1. The van der Waals surface area contributed by atoms with Crippen LogP contribution in [0.4, 0.5) is 0 Å². The van der Waals surface area contributed by atoms with Gasteiger partial charge >= 0.3 is 0 Å². The van der Waals surface area contributed by atoms with E-state index in [0.717, 1.165) is 0 Å². The zero-order valence-corrected chi connectivity index (χ0v) is 8.52. The second-order valence-electron chi connectivity index (χ2n) is 3.12. The summed E-state index contributed by atoms with van der Waals surface area (Å²) >= 11 is 0. The van der Waals surface area contributed by atoms with E-state index in [4.69, 9.17) is 10.8 Å². The fourth-order valence-corrected chi connectivity index (χ4v) is 1.12. The lowest BCUT2D eigenvalue weighted by atomic mass is 10.4. The molecular formula is C9H16N4O2. The van der Waals surface area contributed by atoms with Gasteiger partial charge in [0.05, 0.1) is 6.33 Å². The highest BCUT2D eigenvalue weighted by Gasteiger charge is 2.07. The highest BCUT2D eigenvalue weighted by molar-refractivity contribution is 5.91.